The summed E-state index contributed by atoms with van der Waals surface area (Å²) >= 11 is 0. The molecule has 0 aromatic rings. The summed E-state index contributed by atoms with van der Waals surface area (Å²) < 4.78 is 36.9. The molecule has 4 saturated carbocycles. The summed E-state index contributed by atoms with van der Waals surface area (Å²) in [7, 11) is 0. The number of ether oxygens (including phenoxy) is 6. The van der Waals surface area contributed by atoms with Crippen molar-refractivity contribution in [3.05, 3.63) is 34.9 Å². The lowest BCUT2D eigenvalue weighted by Gasteiger charge is -2.73. The molecule has 19 nitrogen and oxygen atoms in total. The van der Waals surface area contributed by atoms with E-state index in [1.807, 2.05) is 48.5 Å². The molecule has 0 bridgehead atoms. The summed E-state index contributed by atoms with van der Waals surface area (Å²) in [6.07, 6.45) is -13.5. The average molecular weight is 1080 g/mol. The molecular weight excluding hydrogens is 989 g/mol. The van der Waals surface area contributed by atoms with Crippen molar-refractivity contribution in [2.75, 3.05) is 13.2 Å². The third-order valence-electron chi connectivity index (χ3n) is 20.6. The Morgan fingerprint density at radius 2 is 1.46 bits per heavy atom. The first-order chi connectivity index (χ1) is 35.3. The molecule has 10 N–H and O–H groups in total. The van der Waals surface area contributed by atoms with Crippen LogP contribution in [0.5, 0.6) is 0 Å². The van der Waals surface area contributed by atoms with Crippen molar-refractivity contribution in [2.24, 2.45) is 56.2 Å². The Bertz CT molecular complexity index is 2220. The Labute approximate surface area is 447 Å². The van der Waals surface area contributed by atoms with Gasteiger partial charge in [0.15, 0.2) is 24.8 Å². The molecule has 7 rings (SSSR count). The van der Waals surface area contributed by atoms with Crippen molar-refractivity contribution in [1.82, 2.24) is 0 Å². The molecule has 2 heterocycles. The lowest BCUT2D eigenvalue weighted by Crippen LogP contribution is -2.76. The standard InChI is InChI=1S/C57H90O19/c1-13-29(5)49(70)76-47-46(73-36(60)23-28(4)16-14-15-27(2)3)52(6,7)24-31-30-17-18-34-54(10)21-20-35(53(8,9)33(54)19-22-55(34,11)56(30,12)44(66)45(67)57(31,47)26-59)72-51-43(40(64)39(63)42(74-51)48(68)69)75-50-41(65)38(62)37(61)32(25-58)71-50/h15,17,23,29,31-35,37-47,50-51,58-59,61-67H,13-14,16,18-22,24-26H2,1-12H3,(H,68,69)/b28-23-/t29-,31+,32-,33+,34-,35+,37-,38+,39+,40+,41-,42+,43-,44+,45-,46+,47+,50+,51-,54+,55-,56+,57+/m1/s1. The first-order valence-corrected chi connectivity index (χ1v) is 27.6. The topological polar surface area (TPSA) is 309 Å². The summed E-state index contributed by atoms with van der Waals surface area (Å²) in [5, 5.41) is 112. The maximum Gasteiger partial charge on any atom is 0.335 e. The summed E-state index contributed by atoms with van der Waals surface area (Å²) in [5.74, 6) is -4.12. The number of esters is 2. The number of carboxylic acid groups (broad SMARTS) is 1. The zero-order valence-electron chi connectivity index (χ0n) is 46.6. The van der Waals surface area contributed by atoms with E-state index in [9.17, 15) is 65.4 Å². The molecule has 2 saturated heterocycles. The summed E-state index contributed by atoms with van der Waals surface area (Å²) in [5.41, 5.74) is -2.59. The second-order valence-electron chi connectivity index (χ2n) is 25.9. The van der Waals surface area contributed by atoms with Crippen molar-refractivity contribution >= 4 is 17.9 Å². The summed E-state index contributed by atoms with van der Waals surface area (Å²) in [6.45, 7) is 22.5. The van der Waals surface area contributed by atoms with E-state index in [0.717, 1.165) is 23.1 Å². The zero-order valence-corrected chi connectivity index (χ0v) is 46.6. The molecule has 0 amide bonds. The number of hydrogen-bond donors (Lipinski definition) is 10. The van der Waals surface area contributed by atoms with Crippen LogP contribution in [-0.2, 0) is 42.8 Å². The van der Waals surface area contributed by atoms with E-state index in [2.05, 4.69) is 39.8 Å². The number of allylic oxidation sites excluding steroid dienone is 4. The second-order valence-corrected chi connectivity index (χ2v) is 25.9. The number of fused-ring (bicyclic) bond motifs is 7. The molecular formula is C57H90O19. The molecule has 0 unspecified atom stereocenters. The van der Waals surface area contributed by atoms with Gasteiger partial charge in [-0.15, -0.1) is 0 Å². The van der Waals surface area contributed by atoms with Crippen LogP contribution in [0.2, 0.25) is 0 Å². The number of carbonyl (C=O) groups is 3. The molecule has 7 aliphatic rings. The SMILES string of the molecule is CC[C@@H](C)C(=O)O[C@H]1[C@H](OC(=O)/C=C(/C)CCC=C(C)C)C(C)(C)C[C@H]2C3=CC[C@@H]4[C@@]5(C)CC[C@H](O[C@@H]6O[C@H](C(=O)O)[C@@H](O)[C@H](O)[C@H]6O[C@@H]6O[C@H](CO)[C@@H](O)[C@H](O)[C@H]6O)C(C)(C)[C@@H]5CC[C@@]4(C)[C@]3(C)[C@@H](O)[C@@H](O)[C@]21CO. The van der Waals surface area contributed by atoms with Gasteiger partial charge < -0.3 is 79.5 Å². The van der Waals surface area contributed by atoms with Gasteiger partial charge in [-0.1, -0.05) is 91.2 Å². The van der Waals surface area contributed by atoms with Crippen LogP contribution >= 0.6 is 0 Å². The van der Waals surface area contributed by atoms with Gasteiger partial charge in [0.2, 0.25) is 0 Å². The quantitative estimate of drug-likeness (QED) is 0.0485. The first-order valence-electron chi connectivity index (χ1n) is 27.6. The van der Waals surface area contributed by atoms with Crippen molar-refractivity contribution in [3.8, 4) is 0 Å². The first kappa shape index (κ1) is 60.7. The van der Waals surface area contributed by atoms with E-state index in [-0.39, 0.29) is 11.8 Å². The Balaban J connectivity index is 1.21. The predicted molar refractivity (Wildman–Crippen MR) is 273 cm³/mol. The molecule has 0 aromatic carbocycles. The average Bonchev–Trinajstić information content (AvgIpc) is 3.34. The Hall–Kier alpha value is -2.89. The van der Waals surface area contributed by atoms with Gasteiger partial charge in [-0.3, -0.25) is 4.79 Å². The Morgan fingerprint density at radius 3 is 2.07 bits per heavy atom. The minimum absolute atomic E-state index is 0.0740. The van der Waals surface area contributed by atoms with E-state index in [1.165, 1.54) is 6.08 Å². The maximum atomic E-state index is 14.0. The second kappa shape index (κ2) is 22.2. The van der Waals surface area contributed by atoms with E-state index in [1.54, 1.807) is 6.92 Å². The molecule has 6 fully saturated rings. The number of aliphatic carboxylic acids is 1. The van der Waals surface area contributed by atoms with E-state index >= 15 is 0 Å². The zero-order chi connectivity index (χ0) is 56.6. The van der Waals surface area contributed by atoms with Crippen LogP contribution in [0.15, 0.2) is 34.9 Å². The monoisotopic (exact) mass is 1080 g/mol. The van der Waals surface area contributed by atoms with Crippen molar-refractivity contribution in [3.63, 3.8) is 0 Å². The van der Waals surface area contributed by atoms with Crippen LogP contribution < -0.4 is 0 Å². The molecule has 23 atom stereocenters. The van der Waals surface area contributed by atoms with Gasteiger partial charge in [-0.2, -0.15) is 0 Å². The lowest BCUT2D eigenvalue weighted by atomic mass is 9.32. The van der Waals surface area contributed by atoms with Gasteiger partial charge >= 0.3 is 17.9 Å². The molecule has 0 radical (unpaired) electrons. The van der Waals surface area contributed by atoms with Crippen LogP contribution in [0, 0.1) is 56.2 Å². The van der Waals surface area contributed by atoms with Crippen LogP contribution in [-0.4, -0.2) is 174 Å². The Morgan fingerprint density at radius 1 is 0.789 bits per heavy atom. The van der Waals surface area contributed by atoms with E-state index in [0.29, 0.717) is 51.4 Å². The third-order valence-corrected chi connectivity index (χ3v) is 20.6. The number of carbonyl (C=O) groups excluding carboxylic acids is 2. The normalized spacial score (nSPS) is 46.1. The van der Waals surface area contributed by atoms with Gasteiger partial charge in [-0.25, -0.2) is 9.59 Å². The molecule has 5 aliphatic carbocycles. The molecule has 0 spiro atoms. The van der Waals surface area contributed by atoms with Crippen LogP contribution in [0.4, 0.5) is 0 Å². The highest BCUT2D eigenvalue weighted by atomic mass is 16.8. The summed E-state index contributed by atoms with van der Waals surface area (Å²) in [4.78, 5) is 40.2. The van der Waals surface area contributed by atoms with Crippen LogP contribution in [0.25, 0.3) is 0 Å². The fourth-order valence-electron chi connectivity index (χ4n) is 15.7. The molecule has 0 aromatic heterocycles. The molecule has 19 heteroatoms. The van der Waals surface area contributed by atoms with Gasteiger partial charge in [0.1, 0.15) is 48.8 Å². The van der Waals surface area contributed by atoms with Gasteiger partial charge in [0.25, 0.3) is 0 Å². The minimum atomic E-state index is -2.02. The largest absolute Gasteiger partial charge is 0.479 e. The maximum absolute atomic E-state index is 14.0. The number of hydrogen-bond acceptors (Lipinski definition) is 18. The molecule has 2 aliphatic heterocycles. The van der Waals surface area contributed by atoms with E-state index < -0.39 is 167 Å². The van der Waals surface area contributed by atoms with Crippen LogP contribution in [0.1, 0.15) is 141 Å². The summed E-state index contributed by atoms with van der Waals surface area (Å²) in [6, 6.07) is 0. The smallest absolute Gasteiger partial charge is 0.335 e. The van der Waals surface area contributed by atoms with Crippen molar-refractivity contribution < 1.29 is 93.9 Å². The number of rotatable bonds is 15. The highest BCUT2D eigenvalue weighted by Crippen LogP contribution is 2.76. The highest BCUT2D eigenvalue weighted by Gasteiger charge is 2.76. The van der Waals surface area contributed by atoms with Crippen LogP contribution in [0.3, 0.4) is 0 Å². The van der Waals surface area contributed by atoms with Crippen molar-refractivity contribution in [2.45, 2.75) is 233 Å². The highest BCUT2D eigenvalue weighted by molar-refractivity contribution is 5.83. The molecule has 76 heavy (non-hydrogen) atoms. The van der Waals surface area contributed by atoms with Gasteiger partial charge in [0.05, 0.1) is 42.9 Å². The number of aliphatic hydroxyl groups excluding tert-OH is 9. The number of carboxylic acids is 1. The minimum Gasteiger partial charge on any atom is -0.479 e. The van der Waals surface area contributed by atoms with Gasteiger partial charge in [-0.05, 0) is 113 Å². The van der Waals surface area contributed by atoms with E-state index in [4.69, 9.17) is 28.4 Å². The number of aliphatic hydroxyl groups is 9. The Kier molecular flexibility index (Phi) is 17.8. The predicted octanol–water partition coefficient (Wildman–Crippen LogP) is 3.61. The molecule has 432 valence electrons. The van der Waals surface area contributed by atoms with Crippen molar-refractivity contribution in [1.29, 1.82) is 0 Å². The lowest BCUT2D eigenvalue weighted by molar-refractivity contribution is -0.374. The van der Waals surface area contributed by atoms with Gasteiger partial charge in [0, 0.05) is 16.9 Å². The fourth-order valence-corrected chi connectivity index (χ4v) is 15.7. The third kappa shape index (κ3) is 9.98. The fraction of sp³-hybridized carbons (Fsp3) is 0.842.